The molecule has 0 amide bonds. The van der Waals surface area contributed by atoms with E-state index in [0.717, 1.165) is 11.3 Å². The highest BCUT2D eigenvalue weighted by molar-refractivity contribution is 7.80. The van der Waals surface area contributed by atoms with E-state index in [0.29, 0.717) is 24.0 Å². The normalized spacial score (nSPS) is 10.9. The molecular weight excluding hydrogens is 306 g/mol. The molecule has 1 rings (SSSR count). The molecule has 0 aromatic heterocycles. The van der Waals surface area contributed by atoms with Gasteiger partial charge in [-0.2, -0.15) is 5.10 Å². The molecule has 7 nitrogen and oxygen atoms in total. The molecule has 22 heavy (non-hydrogen) atoms. The molecule has 0 fully saturated rings. The number of ether oxygens (including phenoxy) is 2. The van der Waals surface area contributed by atoms with Crippen LogP contribution in [0.3, 0.4) is 0 Å². The summed E-state index contributed by atoms with van der Waals surface area (Å²) in [6.07, 6.45) is 0. The Bertz CT molecular complexity index is 531. The Kier molecular flexibility index (Phi) is 7.87. The highest BCUT2D eigenvalue weighted by Crippen LogP contribution is 2.12. The van der Waals surface area contributed by atoms with Gasteiger partial charge in [-0.1, -0.05) is 0 Å². The average Bonchev–Trinajstić information content (AvgIpc) is 2.51. The number of hydrogen-bond donors (Lipinski definition) is 3. The molecule has 3 N–H and O–H groups in total. The van der Waals surface area contributed by atoms with Gasteiger partial charge in [-0.25, -0.2) is 4.79 Å². The number of thiocarbonyl (C=S) groups is 1. The van der Waals surface area contributed by atoms with E-state index in [1.54, 1.807) is 31.4 Å². The third kappa shape index (κ3) is 7.00. The third-order valence-electron chi connectivity index (χ3n) is 2.55. The molecule has 0 aliphatic carbocycles. The molecule has 0 saturated heterocycles. The summed E-state index contributed by atoms with van der Waals surface area (Å²) in [6, 6.07) is 6.96. The van der Waals surface area contributed by atoms with Crippen molar-refractivity contribution in [2.45, 2.75) is 6.92 Å². The minimum atomic E-state index is -1.01. The Labute approximate surface area is 134 Å². The van der Waals surface area contributed by atoms with E-state index in [1.807, 2.05) is 6.92 Å². The van der Waals surface area contributed by atoms with Gasteiger partial charge in [0.05, 0.1) is 12.3 Å². The van der Waals surface area contributed by atoms with Crippen molar-refractivity contribution in [3.8, 4) is 5.75 Å². The molecule has 120 valence electrons. The molecule has 0 unspecified atom stereocenters. The summed E-state index contributed by atoms with van der Waals surface area (Å²) in [5.41, 5.74) is 4.35. The number of carbonyl (C=O) groups is 1. The van der Waals surface area contributed by atoms with Crippen molar-refractivity contribution in [3.63, 3.8) is 0 Å². The van der Waals surface area contributed by atoms with Gasteiger partial charge in [0.15, 0.2) is 11.7 Å². The average molecular weight is 325 g/mol. The zero-order valence-electron chi connectivity index (χ0n) is 12.5. The first-order valence-electron chi connectivity index (χ1n) is 6.55. The van der Waals surface area contributed by atoms with Gasteiger partial charge in [0, 0.05) is 13.7 Å². The second kappa shape index (κ2) is 9.69. The first kappa shape index (κ1) is 17.9. The van der Waals surface area contributed by atoms with E-state index >= 15 is 0 Å². The maximum Gasteiger partial charge on any atom is 0.341 e. The van der Waals surface area contributed by atoms with Crippen LogP contribution in [0.25, 0.3) is 0 Å². The monoisotopic (exact) mass is 325 g/mol. The minimum Gasteiger partial charge on any atom is -0.482 e. The van der Waals surface area contributed by atoms with Crippen molar-refractivity contribution in [2.75, 3.05) is 26.9 Å². The fraction of sp³-hybridized carbons (Fsp3) is 0.357. The van der Waals surface area contributed by atoms with E-state index in [-0.39, 0.29) is 6.61 Å². The van der Waals surface area contributed by atoms with Crippen molar-refractivity contribution in [3.05, 3.63) is 29.8 Å². The van der Waals surface area contributed by atoms with Crippen LogP contribution in [0.2, 0.25) is 0 Å². The standard InChI is InChI=1S/C14H19N3O4S/c1-10(16-17-14(22)15-7-8-20-2)11-3-5-12(6-4-11)21-9-13(18)19/h3-6H,7-9H2,1-2H3,(H,18,19)(H2,15,17,22)/b16-10-. The predicted octanol–water partition coefficient (Wildman–Crippen LogP) is 0.984. The zero-order valence-corrected chi connectivity index (χ0v) is 13.3. The zero-order chi connectivity index (χ0) is 16.4. The molecule has 0 saturated carbocycles. The number of hydrazone groups is 1. The van der Waals surface area contributed by atoms with Gasteiger partial charge in [-0.15, -0.1) is 0 Å². The van der Waals surface area contributed by atoms with E-state index in [9.17, 15) is 4.79 Å². The topological polar surface area (TPSA) is 92.2 Å². The summed E-state index contributed by atoms with van der Waals surface area (Å²) in [5.74, 6) is -0.524. The van der Waals surface area contributed by atoms with E-state index < -0.39 is 5.97 Å². The van der Waals surface area contributed by atoms with Crippen LogP contribution in [-0.2, 0) is 9.53 Å². The number of nitrogens with one attached hydrogen (secondary N) is 2. The summed E-state index contributed by atoms with van der Waals surface area (Å²) in [6.45, 7) is 2.63. The second-order valence-corrected chi connectivity index (χ2v) is 4.67. The lowest BCUT2D eigenvalue weighted by Crippen LogP contribution is -2.34. The van der Waals surface area contributed by atoms with Gasteiger partial charge >= 0.3 is 5.97 Å². The third-order valence-corrected chi connectivity index (χ3v) is 2.79. The summed E-state index contributed by atoms with van der Waals surface area (Å²) in [5, 5.41) is 16.1. The number of aliphatic carboxylic acids is 1. The van der Waals surface area contributed by atoms with Crippen molar-refractivity contribution >= 4 is 29.0 Å². The number of benzene rings is 1. The van der Waals surface area contributed by atoms with Gasteiger partial charge < -0.3 is 19.9 Å². The Morgan fingerprint density at radius 2 is 2.05 bits per heavy atom. The minimum absolute atomic E-state index is 0.366. The Morgan fingerprint density at radius 1 is 1.36 bits per heavy atom. The fourth-order valence-electron chi connectivity index (χ4n) is 1.44. The highest BCUT2D eigenvalue weighted by atomic mass is 32.1. The molecule has 0 spiro atoms. The van der Waals surface area contributed by atoms with Gasteiger partial charge in [-0.3, -0.25) is 5.43 Å². The first-order valence-corrected chi connectivity index (χ1v) is 6.96. The van der Waals surface area contributed by atoms with Gasteiger partial charge in [0.1, 0.15) is 5.75 Å². The molecule has 8 heteroatoms. The Morgan fingerprint density at radius 3 is 2.64 bits per heavy atom. The summed E-state index contributed by atoms with van der Waals surface area (Å²) < 4.78 is 9.96. The smallest absolute Gasteiger partial charge is 0.341 e. The lowest BCUT2D eigenvalue weighted by molar-refractivity contribution is -0.139. The van der Waals surface area contributed by atoms with Gasteiger partial charge in [0.2, 0.25) is 0 Å². The van der Waals surface area contributed by atoms with Crippen LogP contribution >= 0.6 is 12.2 Å². The molecule has 0 bridgehead atoms. The second-order valence-electron chi connectivity index (χ2n) is 4.26. The number of carboxylic acids is 1. The summed E-state index contributed by atoms with van der Waals surface area (Å²) >= 11 is 5.05. The quantitative estimate of drug-likeness (QED) is 0.284. The molecule has 1 aromatic rings. The van der Waals surface area contributed by atoms with Crippen molar-refractivity contribution in [1.82, 2.24) is 10.7 Å². The van der Waals surface area contributed by atoms with E-state index in [4.69, 9.17) is 26.8 Å². The van der Waals surface area contributed by atoms with Gasteiger partial charge in [-0.05, 0) is 49.0 Å². The van der Waals surface area contributed by atoms with Crippen LogP contribution < -0.4 is 15.5 Å². The number of hydrogen-bond acceptors (Lipinski definition) is 5. The molecule has 0 radical (unpaired) electrons. The molecular formula is C14H19N3O4S. The maximum absolute atomic E-state index is 10.4. The van der Waals surface area contributed by atoms with Gasteiger partial charge in [0.25, 0.3) is 0 Å². The largest absolute Gasteiger partial charge is 0.482 e. The number of nitrogens with zero attached hydrogens (tertiary/aromatic N) is 1. The SMILES string of the molecule is COCCNC(=S)N/N=C(/C)c1ccc(OCC(=O)O)cc1. The number of rotatable bonds is 8. The van der Waals surface area contributed by atoms with E-state index in [1.165, 1.54) is 0 Å². The number of carboxylic acid groups (broad SMARTS) is 1. The number of methoxy groups -OCH3 is 1. The summed E-state index contributed by atoms with van der Waals surface area (Å²) in [7, 11) is 1.62. The molecule has 1 aromatic carbocycles. The molecule has 0 aliphatic rings. The Hall–Kier alpha value is -2.19. The highest BCUT2D eigenvalue weighted by Gasteiger charge is 2.02. The predicted molar refractivity (Wildman–Crippen MR) is 87.4 cm³/mol. The van der Waals surface area contributed by atoms with Crippen LogP contribution in [-0.4, -0.2) is 48.8 Å². The molecule has 0 heterocycles. The maximum atomic E-state index is 10.4. The van der Waals surface area contributed by atoms with E-state index in [2.05, 4.69) is 15.8 Å². The van der Waals surface area contributed by atoms with Crippen LogP contribution in [0.1, 0.15) is 12.5 Å². The van der Waals surface area contributed by atoms with Crippen LogP contribution in [0.4, 0.5) is 0 Å². The Balaban J connectivity index is 2.50. The fourth-order valence-corrected chi connectivity index (χ4v) is 1.59. The van der Waals surface area contributed by atoms with Crippen molar-refractivity contribution in [1.29, 1.82) is 0 Å². The lowest BCUT2D eigenvalue weighted by atomic mass is 10.1. The van der Waals surface area contributed by atoms with Crippen LogP contribution in [0.15, 0.2) is 29.4 Å². The molecule has 0 atom stereocenters. The first-order chi connectivity index (χ1) is 10.5. The van der Waals surface area contributed by atoms with Crippen molar-refractivity contribution in [2.24, 2.45) is 5.10 Å². The van der Waals surface area contributed by atoms with Crippen molar-refractivity contribution < 1.29 is 19.4 Å². The molecule has 0 aliphatic heterocycles. The lowest BCUT2D eigenvalue weighted by Gasteiger charge is -2.08. The van der Waals surface area contributed by atoms with Crippen LogP contribution in [0.5, 0.6) is 5.75 Å². The summed E-state index contributed by atoms with van der Waals surface area (Å²) in [4.78, 5) is 10.4. The van der Waals surface area contributed by atoms with Crippen LogP contribution in [0, 0.1) is 0 Å².